The molecule has 152 valence electrons. The van der Waals surface area contributed by atoms with E-state index in [1.165, 1.54) is 18.4 Å². The van der Waals surface area contributed by atoms with E-state index < -0.39 is 0 Å². The molecule has 5 heteroatoms. The zero-order valence-electron chi connectivity index (χ0n) is 16.9. The molecular formula is C24H28N2O3. The fourth-order valence-corrected chi connectivity index (χ4v) is 3.93. The average Bonchev–Trinajstić information content (AvgIpc) is 3.60. The van der Waals surface area contributed by atoms with Crippen LogP contribution in [-0.4, -0.2) is 36.4 Å². The third kappa shape index (κ3) is 4.61. The summed E-state index contributed by atoms with van der Waals surface area (Å²) >= 11 is 0. The monoisotopic (exact) mass is 392 g/mol. The van der Waals surface area contributed by atoms with E-state index in [1.807, 2.05) is 42.2 Å². The molecule has 1 saturated carbocycles. The van der Waals surface area contributed by atoms with Gasteiger partial charge in [-0.1, -0.05) is 43.3 Å². The lowest BCUT2D eigenvalue weighted by Crippen LogP contribution is -2.40. The molecular weight excluding hydrogens is 364 g/mol. The number of nitrogens with one attached hydrogen (secondary N) is 1. The number of hydrogen-bond donors (Lipinski definition) is 1. The van der Waals surface area contributed by atoms with Gasteiger partial charge >= 0.3 is 0 Å². The van der Waals surface area contributed by atoms with Crippen LogP contribution in [-0.2, 0) is 16.0 Å². The van der Waals surface area contributed by atoms with E-state index in [2.05, 4.69) is 23.5 Å². The van der Waals surface area contributed by atoms with Gasteiger partial charge < -0.3 is 15.0 Å². The van der Waals surface area contributed by atoms with Gasteiger partial charge in [-0.15, -0.1) is 0 Å². The molecule has 0 saturated heterocycles. The van der Waals surface area contributed by atoms with Crippen LogP contribution < -0.4 is 10.1 Å². The Morgan fingerprint density at radius 2 is 1.93 bits per heavy atom. The molecule has 4 rings (SSSR count). The number of carbonyl (C=O) groups is 2. The number of rotatable bonds is 7. The highest BCUT2D eigenvalue weighted by molar-refractivity contribution is 5.78. The molecule has 2 amide bonds. The van der Waals surface area contributed by atoms with Crippen LogP contribution in [0.1, 0.15) is 48.9 Å². The SMILES string of the molecule is CCC(=O)N1CCc2ccc(OCC(=O)NCC3CC3)cc2C1c1ccccc1. The fourth-order valence-electron chi connectivity index (χ4n) is 3.93. The summed E-state index contributed by atoms with van der Waals surface area (Å²) in [6, 6.07) is 16.0. The van der Waals surface area contributed by atoms with Crippen molar-refractivity contribution >= 4 is 11.8 Å². The summed E-state index contributed by atoms with van der Waals surface area (Å²) in [5.41, 5.74) is 3.40. The quantitative estimate of drug-likeness (QED) is 0.785. The molecule has 0 aromatic heterocycles. The number of fused-ring (bicyclic) bond motifs is 1. The fraction of sp³-hybridized carbons (Fsp3) is 0.417. The Hall–Kier alpha value is -2.82. The van der Waals surface area contributed by atoms with Gasteiger partial charge in [-0.25, -0.2) is 0 Å². The van der Waals surface area contributed by atoms with Gasteiger partial charge in [0, 0.05) is 19.5 Å². The number of ether oxygens (including phenoxy) is 1. The number of carbonyl (C=O) groups excluding carboxylic acids is 2. The van der Waals surface area contributed by atoms with Crippen LogP contribution in [0.4, 0.5) is 0 Å². The first-order valence-corrected chi connectivity index (χ1v) is 10.5. The highest BCUT2D eigenvalue weighted by Gasteiger charge is 2.31. The second-order valence-electron chi connectivity index (χ2n) is 7.90. The van der Waals surface area contributed by atoms with E-state index in [0.717, 1.165) is 24.1 Å². The van der Waals surface area contributed by atoms with E-state index >= 15 is 0 Å². The minimum atomic E-state index is -0.125. The second kappa shape index (κ2) is 8.68. The summed E-state index contributed by atoms with van der Waals surface area (Å²) < 4.78 is 5.78. The van der Waals surface area contributed by atoms with Gasteiger partial charge in [0.25, 0.3) is 5.91 Å². The van der Waals surface area contributed by atoms with Crippen molar-refractivity contribution in [2.75, 3.05) is 19.7 Å². The Kier molecular flexibility index (Phi) is 5.84. The van der Waals surface area contributed by atoms with E-state index in [1.54, 1.807) is 0 Å². The second-order valence-corrected chi connectivity index (χ2v) is 7.90. The lowest BCUT2D eigenvalue weighted by molar-refractivity contribution is -0.133. The van der Waals surface area contributed by atoms with Crippen LogP contribution >= 0.6 is 0 Å². The van der Waals surface area contributed by atoms with Gasteiger partial charge in [0.2, 0.25) is 5.91 Å². The molecule has 29 heavy (non-hydrogen) atoms. The van der Waals surface area contributed by atoms with Gasteiger partial charge in [0.05, 0.1) is 6.04 Å². The van der Waals surface area contributed by atoms with Crippen molar-refractivity contribution in [1.29, 1.82) is 0 Å². The van der Waals surface area contributed by atoms with Crippen molar-refractivity contribution in [3.8, 4) is 5.75 Å². The van der Waals surface area contributed by atoms with Crippen molar-refractivity contribution in [2.24, 2.45) is 5.92 Å². The molecule has 5 nitrogen and oxygen atoms in total. The first kappa shape index (κ1) is 19.5. The topological polar surface area (TPSA) is 58.6 Å². The third-order valence-corrected chi connectivity index (χ3v) is 5.74. The van der Waals surface area contributed by atoms with Gasteiger partial charge in [-0.2, -0.15) is 0 Å². The Labute approximate surface area is 172 Å². The van der Waals surface area contributed by atoms with Crippen LogP contribution in [0.5, 0.6) is 5.75 Å². The largest absolute Gasteiger partial charge is 0.484 e. The van der Waals surface area contributed by atoms with Crippen molar-refractivity contribution in [2.45, 2.75) is 38.6 Å². The molecule has 1 aliphatic carbocycles. The standard InChI is InChI=1S/C24H28N2O3/c1-2-23(28)26-13-12-18-10-11-20(29-16-22(27)25-15-17-8-9-17)14-21(18)24(26)19-6-4-3-5-7-19/h3-7,10-11,14,17,24H,2,8-9,12-13,15-16H2,1H3,(H,25,27). The molecule has 0 radical (unpaired) electrons. The summed E-state index contributed by atoms with van der Waals surface area (Å²) in [5, 5.41) is 2.92. The van der Waals surface area contributed by atoms with Gasteiger partial charge in [-0.3, -0.25) is 9.59 Å². The molecule has 1 atom stereocenters. The highest BCUT2D eigenvalue weighted by atomic mass is 16.5. The molecule has 1 unspecified atom stereocenters. The molecule has 2 aromatic carbocycles. The first-order valence-electron chi connectivity index (χ1n) is 10.5. The maximum atomic E-state index is 12.6. The van der Waals surface area contributed by atoms with Crippen molar-refractivity contribution in [3.05, 3.63) is 65.2 Å². The summed E-state index contributed by atoms with van der Waals surface area (Å²) in [5.74, 6) is 1.38. The molecule has 1 heterocycles. The predicted octanol–water partition coefficient (Wildman–Crippen LogP) is 3.48. The van der Waals surface area contributed by atoms with E-state index in [0.29, 0.717) is 24.6 Å². The van der Waals surface area contributed by atoms with E-state index in [-0.39, 0.29) is 24.5 Å². The zero-order valence-corrected chi connectivity index (χ0v) is 16.9. The van der Waals surface area contributed by atoms with Crippen LogP contribution in [0, 0.1) is 5.92 Å². The smallest absolute Gasteiger partial charge is 0.257 e. The average molecular weight is 392 g/mol. The van der Waals surface area contributed by atoms with Gasteiger partial charge in [-0.05, 0) is 54.0 Å². The Balaban J connectivity index is 1.55. The van der Waals surface area contributed by atoms with E-state index in [4.69, 9.17) is 4.74 Å². The minimum absolute atomic E-state index is 0.0130. The van der Waals surface area contributed by atoms with Crippen molar-refractivity contribution in [1.82, 2.24) is 10.2 Å². The summed E-state index contributed by atoms with van der Waals surface area (Å²) in [6.45, 7) is 3.37. The molecule has 1 aliphatic heterocycles. The van der Waals surface area contributed by atoms with Crippen LogP contribution in [0.3, 0.4) is 0 Å². The van der Waals surface area contributed by atoms with Crippen LogP contribution in [0.25, 0.3) is 0 Å². The Morgan fingerprint density at radius 3 is 2.66 bits per heavy atom. The van der Waals surface area contributed by atoms with Crippen molar-refractivity contribution < 1.29 is 14.3 Å². The Morgan fingerprint density at radius 1 is 1.14 bits per heavy atom. The zero-order chi connectivity index (χ0) is 20.2. The minimum Gasteiger partial charge on any atom is -0.484 e. The molecule has 0 bridgehead atoms. The van der Waals surface area contributed by atoms with Crippen molar-refractivity contribution in [3.63, 3.8) is 0 Å². The number of hydrogen-bond acceptors (Lipinski definition) is 3. The molecule has 1 fully saturated rings. The maximum absolute atomic E-state index is 12.6. The lowest BCUT2D eigenvalue weighted by atomic mass is 9.87. The Bertz CT molecular complexity index is 877. The number of amides is 2. The first-order chi connectivity index (χ1) is 14.2. The van der Waals surface area contributed by atoms with Gasteiger partial charge in [0.15, 0.2) is 6.61 Å². The third-order valence-electron chi connectivity index (χ3n) is 5.74. The van der Waals surface area contributed by atoms with Crippen LogP contribution in [0.2, 0.25) is 0 Å². The highest BCUT2D eigenvalue weighted by Crippen LogP contribution is 2.37. The summed E-state index contributed by atoms with van der Waals surface area (Å²) in [7, 11) is 0. The maximum Gasteiger partial charge on any atom is 0.257 e. The molecule has 2 aromatic rings. The number of benzene rings is 2. The normalized spacial score (nSPS) is 18.1. The molecule has 1 N–H and O–H groups in total. The summed E-state index contributed by atoms with van der Waals surface area (Å²) in [4.78, 5) is 26.6. The lowest BCUT2D eigenvalue weighted by Gasteiger charge is -2.38. The van der Waals surface area contributed by atoms with Crippen LogP contribution in [0.15, 0.2) is 48.5 Å². The predicted molar refractivity (Wildman–Crippen MR) is 112 cm³/mol. The van der Waals surface area contributed by atoms with Gasteiger partial charge in [0.1, 0.15) is 5.75 Å². The molecule has 2 aliphatic rings. The number of nitrogens with zero attached hydrogens (tertiary/aromatic N) is 1. The molecule has 0 spiro atoms. The van der Waals surface area contributed by atoms with E-state index in [9.17, 15) is 9.59 Å². The summed E-state index contributed by atoms with van der Waals surface area (Å²) in [6.07, 6.45) is 3.72.